The lowest BCUT2D eigenvalue weighted by molar-refractivity contribution is 0.679. The van der Waals surface area contributed by atoms with Gasteiger partial charge in [-0.25, -0.2) is 4.98 Å². The number of hydrogen-bond donors (Lipinski definition) is 1. The van der Waals surface area contributed by atoms with E-state index in [4.69, 9.17) is 18.0 Å². The van der Waals surface area contributed by atoms with Crippen LogP contribution in [0.1, 0.15) is 20.3 Å². The number of nitrogens with zero attached hydrogens (tertiary/aromatic N) is 2. The van der Waals surface area contributed by atoms with Crippen LogP contribution in [-0.2, 0) is 0 Å². The average molecular weight is 302 g/mol. The molecule has 0 bridgehead atoms. The minimum Gasteiger partial charge on any atom is -0.393 e. The van der Waals surface area contributed by atoms with Crippen molar-refractivity contribution >= 4 is 39.0 Å². The van der Waals surface area contributed by atoms with Crippen LogP contribution in [0.2, 0.25) is 0 Å². The Morgan fingerprint density at radius 3 is 2.81 bits per heavy atom. The van der Waals surface area contributed by atoms with Gasteiger partial charge in [0.05, 0.1) is 9.46 Å². The lowest BCUT2D eigenvalue weighted by atomic mass is 10.2. The van der Waals surface area contributed by atoms with Gasteiger partial charge in [-0.1, -0.05) is 12.2 Å². The van der Waals surface area contributed by atoms with Gasteiger partial charge in [0.25, 0.3) is 0 Å². The Morgan fingerprint density at radius 1 is 1.62 bits per heavy atom. The maximum atomic E-state index is 5.53. The van der Waals surface area contributed by atoms with Crippen LogP contribution in [0.25, 0.3) is 0 Å². The highest BCUT2D eigenvalue weighted by Crippen LogP contribution is 2.24. The second-order valence-corrected chi connectivity index (χ2v) is 5.19. The maximum Gasteiger partial charge on any atom is 0.143 e. The number of thiocarbonyl (C=S) groups is 1. The van der Waals surface area contributed by atoms with Gasteiger partial charge < -0.3 is 10.6 Å². The van der Waals surface area contributed by atoms with E-state index in [0.29, 0.717) is 17.5 Å². The first-order valence-electron chi connectivity index (χ1n) is 5.18. The Labute approximate surface area is 110 Å². The first-order chi connectivity index (χ1) is 7.52. The third-order valence-electron chi connectivity index (χ3n) is 2.23. The average Bonchev–Trinajstić information content (AvgIpc) is 2.20. The number of nitrogens with two attached hydrogens (primary N) is 1. The Bertz CT molecular complexity index is 368. The van der Waals surface area contributed by atoms with Crippen LogP contribution in [-0.4, -0.2) is 22.6 Å². The van der Waals surface area contributed by atoms with Gasteiger partial charge >= 0.3 is 0 Å². The Morgan fingerprint density at radius 2 is 2.31 bits per heavy atom. The summed E-state index contributed by atoms with van der Waals surface area (Å²) < 4.78 is 0.992. The van der Waals surface area contributed by atoms with Crippen molar-refractivity contribution in [1.29, 1.82) is 0 Å². The fourth-order valence-corrected chi connectivity index (χ4v) is 2.00. The van der Waals surface area contributed by atoms with Crippen LogP contribution in [0, 0.1) is 0 Å². The molecule has 16 heavy (non-hydrogen) atoms. The van der Waals surface area contributed by atoms with Crippen LogP contribution in [0.5, 0.6) is 0 Å². The standard InChI is InChI=1S/C11H16BrN3S/c1-8(2)15(7-5-10(13)16)11-9(12)4-3-6-14-11/h3-4,6,8H,5,7H2,1-2H3,(H2,13,16). The van der Waals surface area contributed by atoms with E-state index >= 15 is 0 Å². The third-order valence-corrected chi connectivity index (χ3v) is 3.06. The number of rotatable bonds is 5. The predicted octanol–water partition coefficient (Wildman–Crippen LogP) is 2.74. The first kappa shape index (κ1) is 13.4. The molecule has 1 aromatic heterocycles. The van der Waals surface area contributed by atoms with E-state index in [2.05, 4.69) is 39.7 Å². The highest BCUT2D eigenvalue weighted by atomic mass is 79.9. The van der Waals surface area contributed by atoms with Gasteiger partial charge in [-0.3, -0.25) is 0 Å². The van der Waals surface area contributed by atoms with E-state index in [1.807, 2.05) is 12.1 Å². The van der Waals surface area contributed by atoms with E-state index in [-0.39, 0.29) is 0 Å². The number of pyridine rings is 1. The zero-order chi connectivity index (χ0) is 12.1. The number of aromatic nitrogens is 1. The number of hydrogen-bond acceptors (Lipinski definition) is 3. The molecule has 0 amide bonds. The fourth-order valence-electron chi connectivity index (χ4n) is 1.43. The highest BCUT2D eigenvalue weighted by Gasteiger charge is 2.14. The van der Waals surface area contributed by atoms with E-state index in [0.717, 1.165) is 16.8 Å². The molecule has 0 saturated heterocycles. The molecule has 1 aromatic rings. The quantitative estimate of drug-likeness (QED) is 0.849. The molecule has 0 aliphatic heterocycles. The summed E-state index contributed by atoms with van der Waals surface area (Å²) in [4.78, 5) is 7.10. The fraction of sp³-hybridized carbons (Fsp3) is 0.455. The molecule has 1 heterocycles. The summed E-state index contributed by atoms with van der Waals surface area (Å²) in [6.07, 6.45) is 2.49. The van der Waals surface area contributed by atoms with Crippen molar-refractivity contribution in [2.24, 2.45) is 5.73 Å². The number of anilines is 1. The highest BCUT2D eigenvalue weighted by molar-refractivity contribution is 9.10. The zero-order valence-electron chi connectivity index (χ0n) is 9.48. The monoisotopic (exact) mass is 301 g/mol. The molecule has 0 aliphatic carbocycles. The van der Waals surface area contributed by atoms with Crippen LogP contribution in [0.3, 0.4) is 0 Å². The van der Waals surface area contributed by atoms with Gasteiger partial charge in [0, 0.05) is 25.2 Å². The molecule has 0 spiro atoms. The molecule has 88 valence electrons. The lowest BCUT2D eigenvalue weighted by Crippen LogP contribution is -2.34. The Balaban J connectivity index is 2.85. The molecule has 5 heteroatoms. The minimum atomic E-state index is 0.362. The molecule has 0 radical (unpaired) electrons. The second-order valence-electron chi connectivity index (χ2n) is 3.81. The molecular formula is C11H16BrN3S. The van der Waals surface area contributed by atoms with Gasteiger partial charge in [-0.05, 0) is 41.9 Å². The van der Waals surface area contributed by atoms with Gasteiger partial charge in [0.1, 0.15) is 5.82 Å². The molecular weight excluding hydrogens is 286 g/mol. The van der Waals surface area contributed by atoms with Gasteiger partial charge in [-0.15, -0.1) is 0 Å². The van der Waals surface area contributed by atoms with Crippen molar-refractivity contribution in [1.82, 2.24) is 4.98 Å². The smallest absolute Gasteiger partial charge is 0.143 e. The predicted molar refractivity (Wildman–Crippen MR) is 75.8 cm³/mol. The van der Waals surface area contributed by atoms with Crippen molar-refractivity contribution in [2.45, 2.75) is 26.3 Å². The van der Waals surface area contributed by atoms with Crippen LogP contribution >= 0.6 is 28.1 Å². The summed E-state index contributed by atoms with van der Waals surface area (Å²) in [6.45, 7) is 5.05. The summed E-state index contributed by atoms with van der Waals surface area (Å²) in [7, 11) is 0. The molecule has 0 aliphatic rings. The summed E-state index contributed by atoms with van der Waals surface area (Å²) >= 11 is 8.41. The summed E-state index contributed by atoms with van der Waals surface area (Å²) in [5.74, 6) is 0.939. The summed E-state index contributed by atoms with van der Waals surface area (Å²) in [6, 6.07) is 4.25. The molecule has 0 saturated carbocycles. The van der Waals surface area contributed by atoms with Gasteiger partial charge in [-0.2, -0.15) is 0 Å². The Kier molecular flexibility index (Phi) is 5.15. The Hall–Kier alpha value is -0.680. The topological polar surface area (TPSA) is 42.1 Å². The molecule has 0 unspecified atom stereocenters. The van der Waals surface area contributed by atoms with E-state index < -0.39 is 0 Å². The van der Waals surface area contributed by atoms with Gasteiger partial charge in [0.15, 0.2) is 0 Å². The molecule has 0 aromatic carbocycles. The molecule has 0 fully saturated rings. The van der Waals surface area contributed by atoms with Crippen LogP contribution < -0.4 is 10.6 Å². The normalized spacial score (nSPS) is 10.5. The van der Waals surface area contributed by atoms with Crippen molar-refractivity contribution in [2.75, 3.05) is 11.4 Å². The summed E-state index contributed by atoms with van der Waals surface area (Å²) in [5.41, 5.74) is 5.53. The number of halogens is 1. The molecule has 1 rings (SSSR count). The van der Waals surface area contributed by atoms with Crippen molar-refractivity contribution < 1.29 is 0 Å². The summed E-state index contributed by atoms with van der Waals surface area (Å²) in [5, 5.41) is 0. The van der Waals surface area contributed by atoms with Crippen molar-refractivity contribution in [3.05, 3.63) is 22.8 Å². The van der Waals surface area contributed by atoms with Crippen molar-refractivity contribution in [3.8, 4) is 0 Å². The van der Waals surface area contributed by atoms with Crippen LogP contribution in [0.4, 0.5) is 5.82 Å². The van der Waals surface area contributed by atoms with Crippen LogP contribution in [0.15, 0.2) is 22.8 Å². The third kappa shape index (κ3) is 3.72. The minimum absolute atomic E-state index is 0.362. The zero-order valence-corrected chi connectivity index (χ0v) is 11.9. The van der Waals surface area contributed by atoms with Gasteiger partial charge in [0.2, 0.25) is 0 Å². The SMILES string of the molecule is CC(C)N(CCC(N)=S)c1ncccc1Br. The largest absolute Gasteiger partial charge is 0.393 e. The van der Waals surface area contributed by atoms with E-state index in [1.54, 1.807) is 6.20 Å². The lowest BCUT2D eigenvalue weighted by Gasteiger charge is -2.28. The molecule has 2 N–H and O–H groups in total. The van der Waals surface area contributed by atoms with Crippen molar-refractivity contribution in [3.63, 3.8) is 0 Å². The second kappa shape index (κ2) is 6.15. The van der Waals surface area contributed by atoms with E-state index in [1.165, 1.54) is 0 Å². The molecule has 3 nitrogen and oxygen atoms in total. The van der Waals surface area contributed by atoms with E-state index in [9.17, 15) is 0 Å². The maximum absolute atomic E-state index is 5.53. The first-order valence-corrected chi connectivity index (χ1v) is 6.38. The molecule has 0 atom stereocenters.